The van der Waals surface area contributed by atoms with E-state index in [9.17, 15) is 13.2 Å². The third-order valence-electron chi connectivity index (χ3n) is 2.09. The van der Waals surface area contributed by atoms with Crippen molar-refractivity contribution in [3.8, 4) is 0 Å². The van der Waals surface area contributed by atoms with Gasteiger partial charge in [0.15, 0.2) is 0 Å². The Balaban J connectivity index is 2.88. The Bertz CT molecular complexity index is 569. The molecule has 0 heterocycles. The summed E-state index contributed by atoms with van der Waals surface area (Å²) in [7, 11) is -3.68. The Kier molecular flexibility index (Phi) is 4.76. The molecule has 0 aliphatic heterocycles. The monoisotopic (exact) mass is 287 g/mol. The molecule has 0 spiro atoms. The lowest BCUT2D eigenvalue weighted by Crippen LogP contribution is -2.28. The molecular formula is C10H13N3O3S2. The Hall–Kier alpha value is -1.51. The van der Waals surface area contributed by atoms with Crippen molar-refractivity contribution in [1.29, 1.82) is 0 Å². The number of amides is 1. The summed E-state index contributed by atoms with van der Waals surface area (Å²) in [6.07, 6.45) is -0.0613. The third-order valence-corrected chi connectivity index (χ3v) is 3.79. The SMILES string of the molecule is NC(=O)CCNS(=O)(=O)c1cccc(C(N)=S)c1. The molecule has 0 unspecified atom stereocenters. The molecule has 1 aromatic rings. The first-order valence-corrected chi connectivity index (χ1v) is 6.90. The summed E-state index contributed by atoms with van der Waals surface area (Å²) in [5.41, 5.74) is 10.8. The van der Waals surface area contributed by atoms with Crippen molar-refractivity contribution in [1.82, 2.24) is 4.72 Å². The molecule has 0 aromatic heterocycles. The van der Waals surface area contributed by atoms with E-state index >= 15 is 0 Å². The lowest BCUT2D eigenvalue weighted by Gasteiger charge is -2.07. The Morgan fingerprint density at radius 1 is 1.33 bits per heavy atom. The molecule has 6 nitrogen and oxygen atoms in total. The van der Waals surface area contributed by atoms with Crippen molar-refractivity contribution in [2.75, 3.05) is 6.54 Å². The van der Waals surface area contributed by atoms with Crippen molar-refractivity contribution in [2.24, 2.45) is 11.5 Å². The molecule has 8 heteroatoms. The van der Waals surface area contributed by atoms with Crippen LogP contribution in [0.5, 0.6) is 0 Å². The van der Waals surface area contributed by atoms with Gasteiger partial charge in [-0.2, -0.15) is 0 Å². The van der Waals surface area contributed by atoms with E-state index in [0.29, 0.717) is 5.56 Å². The van der Waals surface area contributed by atoms with E-state index in [-0.39, 0.29) is 22.8 Å². The smallest absolute Gasteiger partial charge is 0.240 e. The molecule has 0 saturated carbocycles. The standard InChI is InChI=1S/C10H13N3O3S2/c11-9(14)4-5-13-18(15,16)8-3-1-2-7(6-8)10(12)17/h1-3,6,13H,4-5H2,(H2,11,14)(H2,12,17). The second-order valence-electron chi connectivity index (χ2n) is 3.51. The lowest BCUT2D eigenvalue weighted by atomic mass is 10.2. The Labute approximate surface area is 110 Å². The number of nitrogens with two attached hydrogens (primary N) is 2. The maximum absolute atomic E-state index is 11.8. The van der Waals surface area contributed by atoms with Crippen molar-refractivity contribution in [3.05, 3.63) is 29.8 Å². The second-order valence-corrected chi connectivity index (χ2v) is 5.71. The molecule has 0 bridgehead atoms. The Morgan fingerprint density at radius 2 is 2.00 bits per heavy atom. The normalized spacial score (nSPS) is 11.1. The number of hydrogen-bond donors (Lipinski definition) is 3. The van der Waals surface area contributed by atoms with Crippen LogP contribution in [0.3, 0.4) is 0 Å². The van der Waals surface area contributed by atoms with E-state index in [1.54, 1.807) is 6.07 Å². The van der Waals surface area contributed by atoms with Crippen molar-refractivity contribution in [2.45, 2.75) is 11.3 Å². The Morgan fingerprint density at radius 3 is 2.56 bits per heavy atom. The molecule has 0 atom stereocenters. The first kappa shape index (κ1) is 14.6. The largest absolute Gasteiger partial charge is 0.389 e. The van der Waals surface area contributed by atoms with Crippen LogP contribution in [0.25, 0.3) is 0 Å². The molecule has 1 amide bonds. The zero-order valence-corrected chi connectivity index (χ0v) is 11.1. The predicted molar refractivity (Wildman–Crippen MR) is 71.3 cm³/mol. The van der Waals surface area contributed by atoms with Gasteiger partial charge < -0.3 is 11.5 Å². The van der Waals surface area contributed by atoms with Gasteiger partial charge >= 0.3 is 0 Å². The average Bonchev–Trinajstić information content (AvgIpc) is 2.28. The number of benzene rings is 1. The fourth-order valence-electron chi connectivity index (χ4n) is 1.21. The van der Waals surface area contributed by atoms with Gasteiger partial charge in [0.2, 0.25) is 15.9 Å². The van der Waals surface area contributed by atoms with E-state index < -0.39 is 15.9 Å². The van der Waals surface area contributed by atoms with Crippen LogP contribution in [0.2, 0.25) is 0 Å². The van der Waals surface area contributed by atoms with Crippen LogP contribution in [-0.4, -0.2) is 25.9 Å². The van der Waals surface area contributed by atoms with Gasteiger partial charge in [0.05, 0.1) is 4.90 Å². The van der Waals surface area contributed by atoms with Crippen LogP contribution < -0.4 is 16.2 Å². The number of carbonyl (C=O) groups is 1. The van der Waals surface area contributed by atoms with Crippen LogP contribution in [0.1, 0.15) is 12.0 Å². The number of sulfonamides is 1. The number of primary amides is 1. The highest BCUT2D eigenvalue weighted by Crippen LogP contribution is 2.11. The fourth-order valence-corrected chi connectivity index (χ4v) is 2.41. The molecule has 0 saturated heterocycles. The molecule has 1 aromatic carbocycles. The van der Waals surface area contributed by atoms with Gasteiger partial charge in [0, 0.05) is 18.5 Å². The molecular weight excluding hydrogens is 274 g/mol. The first-order valence-electron chi connectivity index (χ1n) is 5.01. The summed E-state index contributed by atoms with van der Waals surface area (Å²) in [6, 6.07) is 5.94. The number of thiocarbonyl (C=S) groups is 1. The average molecular weight is 287 g/mol. The van der Waals surface area contributed by atoms with Gasteiger partial charge in [0.1, 0.15) is 4.99 Å². The summed E-state index contributed by atoms with van der Waals surface area (Å²) in [4.78, 5) is 10.7. The van der Waals surface area contributed by atoms with Gasteiger partial charge in [-0.15, -0.1) is 0 Å². The van der Waals surface area contributed by atoms with Crippen LogP contribution in [0.4, 0.5) is 0 Å². The van der Waals surface area contributed by atoms with Crippen molar-refractivity contribution >= 4 is 33.1 Å². The van der Waals surface area contributed by atoms with Gasteiger partial charge in [-0.1, -0.05) is 24.4 Å². The topological polar surface area (TPSA) is 115 Å². The molecule has 0 aliphatic carbocycles. The molecule has 18 heavy (non-hydrogen) atoms. The maximum atomic E-state index is 11.8. The zero-order chi connectivity index (χ0) is 13.8. The number of nitrogens with one attached hydrogen (secondary N) is 1. The molecule has 0 radical (unpaired) electrons. The van der Waals surface area contributed by atoms with Crippen molar-refractivity contribution < 1.29 is 13.2 Å². The molecule has 0 fully saturated rings. The van der Waals surface area contributed by atoms with Crippen molar-refractivity contribution in [3.63, 3.8) is 0 Å². The zero-order valence-electron chi connectivity index (χ0n) is 9.42. The number of hydrogen-bond acceptors (Lipinski definition) is 4. The highest BCUT2D eigenvalue weighted by atomic mass is 32.2. The van der Waals surface area contributed by atoms with E-state index in [1.165, 1.54) is 18.2 Å². The molecule has 0 aliphatic rings. The highest BCUT2D eigenvalue weighted by Gasteiger charge is 2.14. The minimum absolute atomic E-state index is 0.0391. The summed E-state index contributed by atoms with van der Waals surface area (Å²) in [5, 5.41) is 0. The maximum Gasteiger partial charge on any atom is 0.240 e. The number of rotatable bonds is 6. The lowest BCUT2D eigenvalue weighted by molar-refractivity contribution is -0.117. The number of carbonyl (C=O) groups excluding carboxylic acids is 1. The predicted octanol–water partition coefficient (Wildman–Crippen LogP) is -0.525. The molecule has 1 rings (SSSR count). The highest BCUT2D eigenvalue weighted by molar-refractivity contribution is 7.89. The van der Waals surface area contributed by atoms with Crippen LogP contribution in [-0.2, 0) is 14.8 Å². The van der Waals surface area contributed by atoms with E-state index in [1.807, 2.05) is 0 Å². The summed E-state index contributed by atoms with van der Waals surface area (Å²) >= 11 is 4.77. The quantitative estimate of drug-likeness (QED) is 0.609. The van der Waals surface area contributed by atoms with Crippen LogP contribution in [0, 0.1) is 0 Å². The molecule has 5 N–H and O–H groups in total. The summed E-state index contributed by atoms with van der Waals surface area (Å²) in [6.45, 7) is -0.0467. The van der Waals surface area contributed by atoms with Gasteiger partial charge in [-0.25, -0.2) is 13.1 Å². The van der Waals surface area contributed by atoms with Crippen LogP contribution >= 0.6 is 12.2 Å². The third kappa shape index (κ3) is 4.06. The molecule has 98 valence electrons. The van der Waals surface area contributed by atoms with E-state index in [2.05, 4.69) is 4.72 Å². The second kappa shape index (κ2) is 5.89. The van der Waals surface area contributed by atoms with E-state index in [0.717, 1.165) is 0 Å². The summed E-state index contributed by atoms with van der Waals surface area (Å²) < 4.78 is 25.9. The van der Waals surface area contributed by atoms with Crippen LogP contribution in [0.15, 0.2) is 29.2 Å². The summed E-state index contributed by atoms with van der Waals surface area (Å²) in [5.74, 6) is -0.574. The fraction of sp³-hybridized carbons (Fsp3) is 0.200. The van der Waals surface area contributed by atoms with E-state index in [4.69, 9.17) is 23.7 Å². The minimum Gasteiger partial charge on any atom is -0.389 e. The first-order chi connectivity index (χ1) is 8.33. The van der Waals surface area contributed by atoms with Gasteiger partial charge in [-0.05, 0) is 12.1 Å². The van der Waals surface area contributed by atoms with Gasteiger partial charge in [0.25, 0.3) is 0 Å². The minimum atomic E-state index is -3.68. The van der Waals surface area contributed by atoms with Gasteiger partial charge in [-0.3, -0.25) is 4.79 Å².